The van der Waals surface area contributed by atoms with Crippen molar-refractivity contribution in [1.82, 2.24) is 15.1 Å². The minimum atomic E-state index is -0.503. The summed E-state index contributed by atoms with van der Waals surface area (Å²) < 4.78 is 5.26. The number of likely N-dealkylation sites (tertiary alicyclic amines) is 1. The van der Waals surface area contributed by atoms with Gasteiger partial charge in [0.15, 0.2) is 0 Å². The summed E-state index contributed by atoms with van der Waals surface area (Å²) in [6.07, 6.45) is 1.35. The standard InChI is InChI=1S/C24H33N5O3/c1-18-16-28(23(31)29(17-18)21-7-5-6-19(14-21)15-25)20-8-11-27(12-9-20)13-10-26-22(30)32-24(2,3)4/h5-7,14,20H,1,8-13,16-17H2,2-4H3,(H,26,30). The van der Waals surface area contributed by atoms with Gasteiger partial charge in [-0.2, -0.15) is 5.26 Å². The van der Waals surface area contributed by atoms with Crippen LogP contribution < -0.4 is 10.2 Å². The second-order valence-electron chi connectivity index (χ2n) is 9.41. The van der Waals surface area contributed by atoms with Gasteiger partial charge in [0.2, 0.25) is 0 Å². The summed E-state index contributed by atoms with van der Waals surface area (Å²) in [5.74, 6) is 0. The van der Waals surface area contributed by atoms with Crippen molar-refractivity contribution in [3.8, 4) is 6.07 Å². The van der Waals surface area contributed by atoms with Crippen LogP contribution in [0.5, 0.6) is 0 Å². The molecule has 0 unspecified atom stereocenters. The first-order valence-corrected chi connectivity index (χ1v) is 11.1. The van der Waals surface area contributed by atoms with Crippen molar-refractivity contribution in [2.45, 2.75) is 45.3 Å². The van der Waals surface area contributed by atoms with Crippen molar-refractivity contribution in [3.63, 3.8) is 0 Å². The fourth-order valence-corrected chi connectivity index (χ4v) is 4.12. The van der Waals surface area contributed by atoms with Crippen LogP contribution in [0.2, 0.25) is 0 Å². The predicted molar refractivity (Wildman–Crippen MR) is 123 cm³/mol. The number of carbonyl (C=O) groups excluding carboxylic acids is 2. The number of rotatable bonds is 5. The predicted octanol–water partition coefficient (Wildman–Crippen LogP) is 3.35. The Morgan fingerprint density at radius 3 is 2.66 bits per heavy atom. The summed E-state index contributed by atoms with van der Waals surface area (Å²) in [6, 6.07) is 9.39. The molecular weight excluding hydrogens is 406 g/mol. The van der Waals surface area contributed by atoms with Gasteiger partial charge in [-0.05, 0) is 57.4 Å². The maximum absolute atomic E-state index is 13.3. The molecular formula is C24H33N5O3. The fourth-order valence-electron chi connectivity index (χ4n) is 4.12. The lowest BCUT2D eigenvalue weighted by molar-refractivity contribution is 0.0516. The van der Waals surface area contributed by atoms with Crippen LogP contribution in [0.1, 0.15) is 39.2 Å². The number of anilines is 1. The Labute approximate surface area is 190 Å². The number of hydrogen-bond donors (Lipinski definition) is 1. The first-order valence-electron chi connectivity index (χ1n) is 11.1. The van der Waals surface area contributed by atoms with Crippen LogP contribution in [-0.4, -0.2) is 72.8 Å². The number of nitrogens with zero attached hydrogens (tertiary/aromatic N) is 4. The van der Waals surface area contributed by atoms with E-state index in [1.807, 2.05) is 31.7 Å². The SMILES string of the molecule is C=C1CN(c2cccc(C#N)c2)C(=O)N(C2CCN(CCNC(=O)OC(C)(C)C)CC2)C1. The van der Waals surface area contributed by atoms with Crippen molar-refractivity contribution in [1.29, 1.82) is 5.26 Å². The van der Waals surface area contributed by atoms with Crippen LogP contribution in [0.3, 0.4) is 0 Å². The van der Waals surface area contributed by atoms with E-state index in [9.17, 15) is 14.9 Å². The summed E-state index contributed by atoms with van der Waals surface area (Å²) in [4.78, 5) is 31.0. The third-order valence-corrected chi connectivity index (χ3v) is 5.63. The molecule has 0 radical (unpaired) electrons. The van der Waals surface area contributed by atoms with Gasteiger partial charge >= 0.3 is 12.1 Å². The van der Waals surface area contributed by atoms with Gasteiger partial charge in [0.1, 0.15) is 5.60 Å². The molecule has 172 valence electrons. The number of alkyl carbamates (subject to hydrolysis) is 1. The van der Waals surface area contributed by atoms with E-state index in [0.717, 1.165) is 43.7 Å². The minimum absolute atomic E-state index is 0.0301. The molecule has 0 bridgehead atoms. The van der Waals surface area contributed by atoms with Crippen molar-refractivity contribution in [2.24, 2.45) is 0 Å². The zero-order chi connectivity index (χ0) is 23.3. The highest BCUT2D eigenvalue weighted by Crippen LogP contribution is 2.27. The molecule has 8 nitrogen and oxygen atoms in total. The number of nitrogens with one attached hydrogen (secondary N) is 1. The summed E-state index contributed by atoms with van der Waals surface area (Å²) in [7, 11) is 0. The van der Waals surface area contributed by atoms with Gasteiger partial charge in [0.25, 0.3) is 0 Å². The highest BCUT2D eigenvalue weighted by molar-refractivity contribution is 5.94. The Kier molecular flexibility index (Phi) is 7.41. The maximum Gasteiger partial charge on any atom is 0.407 e. The number of benzene rings is 1. The largest absolute Gasteiger partial charge is 0.444 e. The molecule has 2 heterocycles. The van der Waals surface area contributed by atoms with E-state index in [-0.39, 0.29) is 12.1 Å². The molecule has 8 heteroatoms. The van der Waals surface area contributed by atoms with Gasteiger partial charge in [0, 0.05) is 44.5 Å². The van der Waals surface area contributed by atoms with Gasteiger partial charge in [-0.15, -0.1) is 0 Å². The van der Waals surface area contributed by atoms with Crippen molar-refractivity contribution >= 4 is 17.8 Å². The molecule has 2 aliphatic heterocycles. The minimum Gasteiger partial charge on any atom is -0.444 e. The average molecular weight is 440 g/mol. The summed E-state index contributed by atoms with van der Waals surface area (Å²) in [5, 5.41) is 12.0. The Balaban J connectivity index is 1.52. The number of ether oxygens (including phenoxy) is 1. The number of piperidine rings is 1. The third-order valence-electron chi connectivity index (χ3n) is 5.63. The van der Waals surface area contributed by atoms with Crippen LogP contribution in [0.25, 0.3) is 0 Å². The maximum atomic E-state index is 13.3. The molecule has 2 fully saturated rings. The van der Waals surface area contributed by atoms with E-state index < -0.39 is 11.7 Å². The average Bonchev–Trinajstić information content (AvgIpc) is 2.74. The second kappa shape index (κ2) is 10.0. The molecule has 0 aliphatic carbocycles. The van der Waals surface area contributed by atoms with Crippen LogP contribution in [0.15, 0.2) is 36.4 Å². The molecule has 1 aromatic rings. The highest BCUT2D eigenvalue weighted by atomic mass is 16.6. The van der Waals surface area contributed by atoms with Crippen molar-refractivity contribution in [3.05, 3.63) is 42.0 Å². The van der Waals surface area contributed by atoms with Crippen molar-refractivity contribution < 1.29 is 14.3 Å². The molecule has 3 rings (SSSR count). The quantitative estimate of drug-likeness (QED) is 0.711. The second-order valence-corrected chi connectivity index (χ2v) is 9.41. The molecule has 0 aromatic heterocycles. The van der Waals surface area contributed by atoms with Crippen LogP contribution >= 0.6 is 0 Å². The summed E-state index contributed by atoms with van der Waals surface area (Å²) in [6.45, 7) is 13.7. The van der Waals surface area contributed by atoms with E-state index in [1.165, 1.54) is 0 Å². The lowest BCUT2D eigenvalue weighted by Crippen LogP contribution is -2.56. The smallest absolute Gasteiger partial charge is 0.407 e. The van der Waals surface area contributed by atoms with Crippen LogP contribution in [-0.2, 0) is 4.74 Å². The Morgan fingerprint density at radius 2 is 2.00 bits per heavy atom. The fraction of sp³-hybridized carbons (Fsp3) is 0.542. The topological polar surface area (TPSA) is 88.9 Å². The summed E-state index contributed by atoms with van der Waals surface area (Å²) >= 11 is 0. The number of carbonyl (C=O) groups is 2. The third kappa shape index (κ3) is 6.24. The van der Waals surface area contributed by atoms with E-state index in [0.29, 0.717) is 25.2 Å². The molecule has 32 heavy (non-hydrogen) atoms. The lowest BCUT2D eigenvalue weighted by atomic mass is 10.0. The zero-order valence-corrected chi connectivity index (χ0v) is 19.3. The number of amides is 3. The number of nitriles is 1. The highest BCUT2D eigenvalue weighted by Gasteiger charge is 2.35. The van der Waals surface area contributed by atoms with Gasteiger partial charge in [-0.1, -0.05) is 12.6 Å². The molecule has 1 aromatic carbocycles. The monoisotopic (exact) mass is 439 g/mol. The van der Waals surface area contributed by atoms with Crippen molar-refractivity contribution in [2.75, 3.05) is 44.2 Å². The van der Waals surface area contributed by atoms with Gasteiger partial charge in [0.05, 0.1) is 18.2 Å². The Hall–Kier alpha value is -3.05. The van der Waals surface area contributed by atoms with Gasteiger partial charge < -0.3 is 19.9 Å². The van der Waals surface area contributed by atoms with Crippen LogP contribution in [0, 0.1) is 11.3 Å². The van der Waals surface area contributed by atoms with Gasteiger partial charge in [-0.3, -0.25) is 4.90 Å². The molecule has 0 atom stereocenters. The molecule has 0 saturated carbocycles. The zero-order valence-electron chi connectivity index (χ0n) is 19.3. The van der Waals surface area contributed by atoms with E-state index in [1.54, 1.807) is 23.1 Å². The Bertz CT molecular complexity index is 894. The van der Waals surface area contributed by atoms with E-state index >= 15 is 0 Å². The summed E-state index contributed by atoms with van der Waals surface area (Å²) in [5.41, 5.74) is 1.74. The molecule has 3 amide bonds. The number of urea groups is 1. The first kappa shape index (κ1) is 23.6. The molecule has 0 spiro atoms. The number of hydrogen-bond acceptors (Lipinski definition) is 5. The van der Waals surface area contributed by atoms with Gasteiger partial charge in [-0.25, -0.2) is 9.59 Å². The lowest BCUT2D eigenvalue weighted by Gasteiger charge is -2.44. The normalized spacial score (nSPS) is 18.4. The van der Waals surface area contributed by atoms with E-state index in [4.69, 9.17) is 4.74 Å². The Morgan fingerprint density at radius 1 is 1.28 bits per heavy atom. The van der Waals surface area contributed by atoms with Crippen LogP contribution in [0.4, 0.5) is 15.3 Å². The molecule has 2 saturated heterocycles. The molecule has 1 N–H and O–H groups in total. The van der Waals surface area contributed by atoms with E-state index in [2.05, 4.69) is 22.9 Å². The first-order chi connectivity index (χ1) is 15.2. The molecule has 2 aliphatic rings.